The van der Waals surface area contributed by atoms with Gasteiger partial charge in [-0.25, -0.2) is 0 Å². The molecular weight excluding hydrogens is 283 g/mol. The molecule has 0 saturated heterocycles. The Morgan fingerprint density at radius 3 is 2.63 bits per heavy atom. The summed E-state index contributed by atoms with van der Waals surface area (Å²) >= 11 is 12.4. The molecule has 0 spiro atoms. The van der Waals surface area contributed by atoms with Crippen molar-refractivity contribution < 1.29 is 9.84 Å². The van der Waals surface area contributed by atoms with E-state index in [1.807, 2.05) is 30.3 Å². The fourth-order valence-electron chi connectivity index (χ4n) is 2.62. The van der Waals surface area contributed by atoms with E-state index in [2.05, 4.69) is 0 Å². The number of aliphatic hydroxyl groups excluding tert-OH is 1. The van der Waals surface area contributed by atoms with E-state index in [1.54, 1.807) is 0 Å². The van der Waals surface area contributed by atoms with Gasteiger partial charge in [0.25, 0.3) is 0 Å². The second kappa shape index (κ2) is 6.94. The van der Waals surface area contributed by atoms with Crippen LogP contribution in [0.25, 0.3) is 0 Å². The molecule has 0 aliphatic heterocycles. The number of hydrogen-bond acceptors (Lipinski definition) is 2. The molecule has 0 bridgehead atoms. The Labute approximate surface area is 124 Å². The molecule has 0 unspecified atom stereocenters. The Hall–Kier alpha value is -0.280. The first-order chi connectivity index (χ1) is 9.11. The van der Waals surface area contributed by atoms with Crippen molar-refractivity contribution in [1.82, 2.24) is 0 Å². The standard InChI is InChI=1S/C15H20Cl2O2/c16-15(17)7-6-13(9-18)14(8-15)11-19-10-12-4-2-1-3-5-12/h1-5,13-14,18H,6-11H2/t13-,14-/m0/s1. The molecule has 0 radical (unpaired) electrons. The zero-order valence-electron chi connectivity index (χ0n) is 10.9. The van der Waals surface area contributed by atoms with E-state index < -0.39 is 4.33 Å². The molecule has 1 aromatic rings. The number of aliphatic hydroxyl groups is 1. The molecule has 1 N–H and O–H groups in total. The van der Waals surface area contributed by atoms with E-state index in [-0.39, 0.29) is 18.4 Å². The molecule has 1 saturated carbocycles. The third kappa shape index (κ3) is 4.64. The summed E-state index contributed by atoms with van der Waals surface area (Å²) in [5, 5.41) is 9.41. The summed E-state index contributed by atoms with van der Waals surface area (Å²) in [5.41, 5.74) is 1.15. The molecule has 19 heavy (non-hydrogen) atoms. The lowest BCUT2D eigenvalue weighted by Gasteiger charge is -2.36. The lowest BCUT2D eigenvalue weighted by atomic mass is 9.79. The van der Waals surface area contributed by atoms with Crippen LogP contribution >= 0.6 is 23.2 Å². The van der Waals surface area contributed by atoms with E-state index in [1.165, 1.54) is 0 Å². The number of rotatable bonds is 5. The molecule has 2 nitrogen and oxygen atoms in total. The molecule has 1 aromatic carbocycles. The maximum absolute atomic E-state index is 9.41. The quantitative estimate of drug-likeness (QED) is 0.839. The third-order valence-corrected chi connectivity index (χ3v) is 4.47. The average molecular weight is 303 g/mol. The fourth-order valence-corrected chi connectivity index (χ4v) is 3.24. The van der Waals surface area contributed by atoms with Crippen LogP contribution in [0.5, 0.6) is 0 Å². The number of benzene rings is 1. The summed E-state index contributed by atoms with van der Waals surface area (Å²) in [6, 6.07) is 10.1. The summed E-state index contributed by atoms with van der Waals surface area (Å²) in [6.45, 7) is 1.37. The minimum absolute atomic E-state index is 0.184. The first-order valence-corrected chi connectivity index (χ1v) is 7.47. The van der Waals surface area contributed by atoms with Crippen molar-refractivity contribution in [2.75, 3.05) is 13.2 Å². The predicted molar refractivity (Wildman–Crippen MR) is 78.5 cm³/mol. The molecule has 4 heteroatoms. The SMILES string of the molecule is OC[C@@H]1CCC(Cl)(Cl)C[C@H]1COCc1ccccc1. The van der Waals surface area contributed by atoms with Crippen molar-refractivity contribution in [1.29, 1.82) is 0 Å². The zero-order valence-corrected chi connectivity index (χ0v) is 12.4. The van der Waals surface area contributed by atoms with Gasteiger partial charge in [0.15, 0.2) is 0 Å². The van der Waals surface area contributed by atoms with Crippen LogP contribution in [0, 0.1) is 11.8 Å². The minimum Gasteiger partial charge on any atom is -0.396 e. The maximum Gasteiger partial charge on any atom is 0.118 e. The highest BCUT2D eigenvalue weighted by molar-refractivity contribution is 6.48. The Morgan fingerprint density at radius 1 is 1.21 bits per heavy atom. The molecule has 106 valence electrons. The van der Waals surface area contributed by atoms with Crippen molar-refractivity contribution in [2.45, 2.75) is 30.2 Å². The number of halogens is 2. The van der Waals surface area contributed by atoms with Crippen molar-refractivity contribution >= 4 is 23.2 Å². The van der Waals surface area contributed by atoms with Gasteiger partial charge in [-0.05, 0) is 36.7 Å². The van der Waals surface area contributed by atoms with Crippen LogP contribution in [0.2, 0.25) is 0 Å². The monoisotopic (exact) mass is 302 g/mol. The average Bonchev–Trinajstić information content (AvgIpc) is 2.39. The van der Waals surface area contributed by atoms with Crippen LogP contribution in [0.15, 0.2) is 30.3 Å². The van der Waals surface area contributed by atoms with E-state index >= 15 is 0 Å². The molecule has 2 atom stereocenters. The van der Waals surface area contributed by atoms with Crippen LogP contribution in [0.3, 0.4) is 0 Å². The molecular formula is C15H20Cl2O2. The summed E-state index contributed by atoms with van der Waals surface area (Å²) < 4.78 is 5.10. The Kier molecular flexibility index (Phi) is 5.52. The molecule has 1 aliphatic carbocycles. The zero-order chi connectivity index (χ0) is 13.7. The summed E-state index contributed by atoms with van der Waals surface area (Å²) in [6.07, 6.45) is 2.30. The van der Waals surface area contributed by atoms with Crippen LogP contribution in [-0.4, -0.2) is 22.7 Å². The lowest BCUT2D eigenvalue weighted by Crippen LogP contribution is -2.35. The van der Waals surface area contributed by atoms with E-state index in [4.69, 9.17) is 27.9 Å². The van der Waals surface area contributed by atoms with Gasteiger partial charge in [0, 0.05) is 6.61 Å². The minimum atomic E-state index is -0.660. The van der Waals surface area contributed by atoms with Crippen molar-refractivity contribution in [3.63, 3.8) is 0 Å². The predicted octanol–water partition coefficient (Wildman–Crippen LogP) is 3.79. The van der Waals surface area contributed by atoms with E-state index in [0.717, 1.165) is 18.4 Å². The van der Waals surface area contributed by atoms with Gasteiger partial charge in [0.05, 0.1) is 13.2 Å². The second-order valence-electron chi connectivity index (χ2n) is 5.30. The van der Waals surface area contributed by atoms with Crippen molar-refractivity contribution in [3.05, 3.63) is 35.9 Å². The van der Waals surface area contributed by atoms with Crippen LogP contribution in [0.4, 0.5) is 0 Å². The molecule has 1 aliphatic rings. The summed E-state index contributed by atoms with van der Waals surface area (Å²) in [4.78, 5) is 0. The Morgan fingerprint density at radius 2 is 1.95 bits per heavy atom. The molecule has 2 rings (SSSR count). The van der Waals surface area contributed by atoms with Crippen LogP contribution < -0.4 is 0 Å². The third-order valence-electron chi connectivity index (χ3n) is 3.79. The van der Waals surface area contributed by atoms with E-state index in [0.29, 0.717) is 19.6 Å². The van der Waals surface area contributed by atoms with Gasteiger partial charge in [-0.15, -0.1) is 23.2 Å². The Balaban J connectivity index is 1.82. The topological polar surface area (TPSA) is 29.5 Å². The highest BCUT2D eigenvalue weighted by Crippen LogP contribution is 2.43. The molecule has 0 amide bonds. The van der Waals surface area contributed by atoms with Gasteiger partial charge in [-0.3, -0.25) is 0 Å². The van der Waals surface area contributed by atoms with Gasteiger partial charge < -0.3 is 9.84 Å². The van der Waals surface area contributed by atoms with Crippen molar-refractivity contribution in [3.8, 4) is 0 Å². The number of ether oxygens (including phenoxy) is 1. The van der Waals surface area contributed by atoms with Gasteiger partial charge in [-0.1, -0.05) is 30.3 Å². The highest BCUT2D eigenvalue weighted by Gasteiger charge is 2.37. The summed E-state index contributed by atoms with van der Waals surface area (Å²) in [7, 11) is 0. The van der Waals surface area contributed by atoms with Gasteiger partial charge in [-0.2, -0.15) is 0 Å². The smallest absolute Gasteiger partial charge is 0.118 e. The van der Waals surface area contributed by atoms with Crippen LogP contribution in [0.1, 0.15) is 24.8 Å². The van der Waals surface area contributed by atoms with Gasteiger partial charge >= 0.3 is 0 Å². The van der Waals surface area contributed by atoms with Crippen molar-refractivity contribution in [2.24, 2.45) is 11.8 Å². The molecule has 0 heterocycles. The first-order valence-electron chi connectivity index (χ1n) is 6.71. The lowest BCUT2D eigenvalue weighted by molar-refractivity contribution is 0.0290. The van der Waals surface area contributed by atoms with E-state index in [9.17, 15) is 5.11 Å². The first kappa shape index (κ1) is 15.1. The van der Waals surface area contributed by atoms with Crippen LogP contribution in [-0.2, 0) is 11.3 Å². The molecule has 0 aromatic heterocycles. The van der Waals surface area contributed by atoms with Gasteiger partial charge in [0.1, 0.15) is 4.33 Å². The van der Waals surface area contributed by atoms with Gasteiger partial charge in [0.2, 0.25) is 0 Å². The fraction of sp³-hybridized carbons (Fsp3) is 0.600. The highest BCUT2D eigenvalue weighted by atomic mass is 35.5. The summed E-state index contributed by atoms with van der Waals surface area (Å²) in [5.74, 6) is 0.485. The maximum atomic E-state index is 9.41. The Bertz CT molecular complexity index is 381. The molecule has 1 fully saturated rings. The second-order valence-corrected chi connectivity index (χ2v) is 6.94. The number of hydrogen-bond donors (Lipinski definition) is 1. The largest absolute Gasteiger partial charge is 0.396 e. The normalized spacial score (nSPS) is 26.3. The number of alkyl halides is 2.